The van der Waals surface area contributed by atoms with Gasteiger partial charge < -0.3 is 14.9 Å². The van der Waals surface area contributed by atoms with E-state index in [2.05, 4.69) is 0 Å². The molecule has 106 valence electrons. The van der Waals surface area contributed by atoms with E-state index >= 15 is 0 Å². The molecular formula is C14H22N2O3. The maximum absolute atomic E-state index is 12.3. The largest absolute Gasteiger partial charge is 0.391 e. The summed E-state index contributed by atoms with van der Waals surface area (Å²) in [6.45, 7) is 1.20. The van der Waals surface area contributed by atoms with Crippen molar-refractivity contribution in [2.24, 2.45) is 5.92 Å². The summed E-state index contributed by atoms with van der Waals surface area (Å²) >= 11 is 0. The minimum atomic E-state index is -0.466. The minimum absolute atomic E-state index is 0.0362. The fourth-order valence-corrected chi connectivity index (χ4v) is 3.74. The molecule has 0 radical (unpaired) electrons. The standard InChI is InChI=1S/C14H22N2O3/c17-12(10-4-1-2-5-10)8-15-9-13(18)16-7-3-6-11(16)14(15)19/h10-12,17H,1-9H2. The van der Waals surface area contributed by atoms with E-state index in [4.69, 9.17) is 0 Å². The van der Waals surface area contributed by atoms with Crippen LogP contribution in [0.2, 0.25) is 0 Å². The molecule has 2 amide bonds. The molecule has 1 aliphatic carbocycles. The summed E-state index contributed by atoms with van der Waals surface area (Å²) in [5.74, 6) is 0.388. The van der Waals surface area contributed by atoms with Gasteiger partial charge in [0.25, 0.3) is 0 Å². The molecule has 5 heteroatoms. The van der Waals surface area contributed by atoms with Crippen molar-refractivity contribution < 1.29 is 14.7 Å². The topological polar surface area (TPSA) is 60.9 Å². The Labute approximate surface area is 113 Å². The van der Waals surface area contributed by atoms with Gasteiger partial charge in [0.05, 0.1) is 12.6 Å². The molecule has 1 N–H and O–H groups in total. The number of carbonyl (C=O) groups is 2. The molecular weight excluding hydrogens is 244 g/mol. The van der Waals surface area contributed by atoms with E-state index in [1.54, 1.807) is 9.80 Å². The smallest absolute Gasteiger partial charge is 0.245 e. The number of aliphatic hydroxyl groups is 1. The maximum atomic E-state index is 12.3. The van der Waals surface area contributed by atoms with E-state index < -0.39 is 6.10 Å². The zero-order valence-corrected chi connectivity index (χ0v) is 11.3. The Balaban J connectivity index is 1.64. The summed E-state index contributed by atoms with van der Waals surface area (Å²) in [7, 11) is 0. The van der Waals surface area contributed by atoms with Gasteiger partial charge in [-0.1, -0.05) is 12.8 Å². The van der Waals surface area contributed by atoms with Crippen LogP contribution in [0, 0.1) is 5.92 Å². The van der Waals surface area contributed by atoms with Crippen LogP contribution in [0.15, 0.2) is 0 Å². The van der Waals surface area contributed by atoms with E-state index in [-0.39, 0.29) is 24.4 Å². The SMILES string of the molecule is O=C1C2CCCN2C(=O)CN1CC(O)C1CCCC1. The Morgan fingerprint density at radius 1 is 1.16 bits per heavy atom. The first-order chi connectivity index (χ1) is 9.16. The van der Waals surface area contributed by atoms with Crippen molar-refractivity contribution in [3.05, 3.63) is 0 Å². The fourth-order valence-electron chi connectivity index (χ4n) is 3.74. The van der Waals surface area contributed by atoms with Crippen LogP contribution in [0.1, 0.15) is 38.5 Å². The third kappa shape index (κ3) is 2.36. The zero-order chi connectivity index (χ0) is 13.4. The summed E-state index contributed by atoms with van der Waals surface area (Å²) in [5, 5.41) is 10.2. The van der Waals surface area contributed by atoms with Crippen LogP contribution in [0.5, 0.6) is 0 Å². The third-order valence-electron chi connectivity index (χ3n) is 4.85. The van der Waals surface area contributed by atoms with Gasteiger partial charge in [-0.05, 0) is 31.6 Å². The number of amides is 2. The zero-order valence-electron chi connectivity index (χ0n) is 11.3. The Hall–Kier alpha value is -1.10. The average molecular weight is 266 g/mol. The summed E-state index contributed by atoms with van der Waals surface area (Å²) in [5.41, 5.74) is 0. The summed E-state index contributed by atoms with van der Waals surface area (Å²) < 4.78 is 0. The second-order valence-corrected chi connectivity index (χ2v) is 6.08. The molecule has 2 heterocycles. The Morgan fingerprint density at radius 2 is 1.89 bits per heavy atom. The lowest BCUT2D eigenvalue weighted by Crippen LogP contribution is -2.58. The number of rotatable bonds is 3. The lowest BCUT2D eigenvalue weighted by Gasteiger charge is -2.37. The predicted octanol–water partition coefficient (Wildman–Crippen LogP) is 0.371. The monoisotopic (exact) mass is 266 g/mol. The number of carbonyl (C=O) groups excluding carboxylic acids is 2. The first-order valence-corrected chi connectivity index (χ1v) is 7.43. The van der Waals surface area contributed by atoms with Crippen molar-refractivity contribution in [2.45, 2.75) is 50.7 Å². The highest BCUT2D eigenvalue weighted by atomic mass is 16.3. The van der Waals surface area contributed by atoms with Crippen molar-refractivity contribution in [3.8, 4) is 0 Å². The highest BCUT2D eigenvalue weighted by molar-refractivity contribution is 5.95. The molecule has 19 heavy (non-hydrogen) atoms. The number of piperazine rings is 1. The lowest BCUT2D eigenvalue weighted by atomic mass is 9.99. The average Bonchev–Trinajstić information content (AvgIpc) is 3.05. The number of fused-ring (bicyclic) bond motifs is 1. The van der Waals surface area contributed by atoms with Gasteiger partial charge >= 0.3 is 0 Å². The van der Waals surface area contributed by atoms with Crippen molar-refractivity contribution in [1.29, 1.82) is 0 Å². The molecule has 3 rings (SSSR count). The third-order valence-corrected chi connectivity index (χ3v) is 4.85. The molecule has 0 aromatic rings. The van der Waals surface area contributed by atoms with E-state index in [1.165, 1.54) is 12.8 Å². The molecule has 0 bridgehead atoms. The quantitative estimate of drug-likeness (QED) is 0.803. The highest BCUT2D eigenvalue weighted by Gasteiger charge is 2.42. The summed E-state index contributed by atoms with van der Waals surface area (Å²) in [4.78, 5) is 27.6. The summed E-state index contributed by atoms with van der Waals surface area (Å²) in [6, 6.07) is -0.253. The first-order valence-electron chi connectivity index (χ1n) is 7.43. The Morgan fingerprint density at radius 3 is 2.63 bits per heavy atom. The van der Waals surface area contributed by atoms with Gasteiger partial charge in [-0.3, -0.25) is 9.59 Å². The Bertz CT molecular complexity index is 379. The van der Waals surface area contributed by atoms with E-state index in [0.717, 1.165) is 25.7 Å². The molecule has 5 nitrogen and oxygen atoms in total. The predicted molar refractivity (Wildman–Crippen MR) is 69.3 cm³/mol. The van der Waals surface area contributed by atoms with Crippen LogP contribution in [0.4, 0.5) is 0 Å². The number of hydrogen-bond donors (Lipinski definition) is 1. The maximum Gasteiger partial charge on any atom is 0.245 e. The number of hydrogen-bond acceptors (Lipinski definition) is 3. The van der Waals surface area contributed by atoms with Gasteiger partial charge in [-0.15, -0.1) is 0 Å². The molecule has 2 unspecified atom stereocenters. The highest BCUT2D eigenvalue weighted by Crippen LogP contribution is 2.29. The molecule has 0 aromatic carbocycles. The molecule has 3 fully saturated rings. The normalized spacial score (nSPS) is 30.1. The van der Waals surface area contributed by atoms with Gasteiger partial charge in [0.2, 0.25) is 11.8 Å². The molecule has 2 aliphatic heterocycles. The number of nitrogens with zero attached hydrogens (tertiary/aromatic N) is 2. The van der Waals surface area contributed by atoms with Gasteiger partial charge in [0, 0.05) is 13.1 Å². The lowest BCUT2D eigenvalue weighted by molar-refractivity contribution is -0.155. The molecule has 2 saturated heterocycles. The van der Waals surface area contributed by atoms with Crippen LogP contribution in [-0.4, -0.2) is 58.5 Å². The molecule has 3 aliphatic rings. The molecule has 0 spiro atoms. The van der Waals surface area contributed by atoms with Crippen LogP contribution in [0.25, 0.3) is 0 Å². The van der Waals surface area contributed by atoms with Gasteiger partial charge in [-0.2, -0.15) is 0 Å². The van der Waals surface area contributed by atoms with Crippen LogP contribution >= 0.6 is 0 Å². The van der Waals surface area contributed by atoms with Crippen LogP contribution in [0.3, 0.4) is 0 Å². The van der Waals surface area contributed by atoms with Crippen molar-refractivity contribution >= 4 is 11.8 Å². The summed E-state index contributed by atoms with van der Waals surface area (Å²) in [6.07, 6.45) is 5.67. The second kappa shape index (κ2) is 5.12. The van der Waals surface area contributed by atoms with E-state index in [1.807, 2.05) is 0 Å². The van der Waals surface area contributed by atoms with E-state index in [0.29, 0.717) is 19.0 Å². The number of β-amino-alcohol motifs (C(OH)–C–C–N with tert-alkyl or cyclic N) is 1. The van der Waals surface area contributed by atoms with E-state index in [9.17, 15) is 14.7 Å². The van der Waals surface area contributed by atoms with Crippen molar-refractivity contribution in [3.63, 3.8) is 0 Å². The van der Waals surface area contributed by atoms with Gasteiger partial charge in [0.15, 0.2) is 0 Å². The molecule has 2 atom stereocenters. The second-order valence-electron chi connectivity index (χ2n) is 6.08. The fraction of sp³-hybridized carbons (Fsp3) is 0.857. The molecule has 0 aromatic heterocycles. The van der Waals surface area contributed by atoms with Gasteiger partial charge in [0.1, 0.15) is 6.04 Å². The Kier molecular flexibility index (Phi) is 3.48. The first kappa shape index (κ1) is 12.9. The van der Waals surface area contributed by atoms with Gasteiger partial charge in [-0.25, -0.2) is 0 Å². The van der Waals surface area contributed by atoms with Crippen LogP contribution in [-0.2, 0) is 9.59 Å². The number of aliphatic hydroxyl groups excluding tert-OH is 1. The minimum Gasteiger partial charge on any atom is -0.391 e. The van der Waals surface area contributed by atoms with Crippen molar-refractivity contribution in [1.82, 2.24) is 9.80 Å². The molecule has 1 saturated carbocycles. The van der Waals surface area contributed by atoms with Crippen LogP contribution < -0.4 is 0 Å². The van der Waals surface area contributed by atoms with Crippen molar-refractivity contribution in [2.75, 3.05) is 19.6 Å².